The topological polar surface area (TPSA) is 42.0 Å². The molecule has 2 heterocycles. The molecule has 5 heteroatoms. The third kappa shape index (κ3) is 5.04. The largest absolute Gasteiger partial charge is 0.464 e. The second-order valence-electron chi connectivity index (χ2n) is 5.70. The van der Waals surface area contributed by atoms with Crippen LogP contribution in [0.15, 0.2) is 0 Å². The van der Waals surface area contributed by atoms with Crippen LogP contribution in [0.4, 0.5) is 0 Å². The van der Waals surface area contributed by atoms with E-state index in [2.05, 4.69) is 9.80 Å². The quantitative estimate of drug-likeness (QED) is 0.518. The summed E-state index contributed by atoms with van der Waals surface area (Å²) in [5.74, 6) is -0.264. The van der Waals surface area contributed by atoms with Crippen molar-refractivity contribution in [1.82, 2.24) is 9.80 Å². The van der Waals surface area contributed by atoms with E-state index in [1.54, 1.807) is 0 Å². The molecule has 2 saturated heterocycles. The van der Waals surface area contributed by atoms with Gasteiger partial charge in [-0.1, -0.05) is 6.42 Å². The maximum Gasteiger partial charge on any atom is 0.332 e. The second kappa shape index (κ2) is 8.60. The van der Waals surface area contributed by atoms with E-state index in [0.717, 1.165) is 25.7 Å². The normalized spacial score (nSPS) is 24.9. The standard InChI is InChI=1S/C15H28N2O3/c1-2-20-15(18)13-19-11-10-16-9-6-14(12-16)17-7-4-3-5-8-17/h14H,2-13H2,1H3. The summed E-state index contributed by atoms with van der Waals surface area (Å²) in [5, 5.41) is 0. The fourth-order valence-corrected chi connectivity index (χ4v) is 3.15. The van der Waals surface area contributed by atoms with Crippen molar-refractivity contribution >= 4 is 5.97 Å². The van der Waals surface area contributed by atoms with Gasteiger partial charge < -0.3 is 9.47 Å². The van der Waals surface area contributed by atoms with Crippen LogP contribution in [0.5, 0.6) is 0 Å². The number of nitrogens with zero attached hydrogens (tertiary/aromatic N) is 2. The van der Waals surface area contributed by atoms with E-state index in [1.807, 2.05) is 6.92 Å². The van der Waals surface area contributed by atoms with Crippen LogP contribution < -0.4 is 0 Å². The molecule has 0 amide bonds. The van der Waals surface area contributed by atoms with Gasteiger partial charge in [0, 0.05) is 19.1 Å². The van der Waals surface area contributed by atoms with Crippen LogP contribution in [0.3, 0.4) is 0 Å². The zero-order chi connectivity index (χ0) is 14.2. The minimum atomic E-state index is -0.264. The minimum Gasteiger partial charge on any atom is -0.464 e. The van der Waals surface area contributed by atoms with Crippen LogP contribution in [0.1, 0.15) is 32.6 Å². The molecule has 116 valence electrons. The molecule has 1 atom stereocenters. The van der Waals surface area contributed by atoms with Gasteiger partial charge in [-0.3, -0.25) is 9.80 Å². The second-order valence-corrected chi connectivity index (χ2v) is 5.70. The van der Waals surface area contributed by atoms with Crippen LogP contribution in [0.25, 0.3) is 0 Å². The molecule has 0 aromatic carbocycles. The summed E-state index contributed by atoms with van der Waals surface area (Å²) in [6, 6.07) is 0.736. The highest BCUT2D eigenvalue weighted by Gasteiger charge is 2.27. The van der Waals surface area contributed by atoms with Crippen molar-refractivity contribution in [2.24, 2.45) is 0 Å². The Labute approximate surface area is 122 Å². The molecule has 0 aromatic heterocycles. The predicted octanol–water partition coefficient (Wildman–Crippen LogP) is 1.13. The molecule has 2 aliphatic rings. The monoisotopic (exact) mass is 284 g/mol. The van der Waals surface area contributed by atoms with Gasteiger partial charge in [-0.15, -0.1) is 0 Å². The number of rotatable bonds is 7. The summed E-state index contributed by atoms with van der Waals surface area (Å²) < 4.78 is 10.2. The van der Waals surface area contributed by atoms with Crippen LogP contribution >= 0.6 is 0 Å². The molecule has 1 unspecified atom stereocenters. The molecule has 0 bridgehead atoms. The number of likely N-dealkylation sites (tertiary alicyclic amines) is 2. The molecule has 20 heavy (non-hydrogen) atoms. The molecule has 0 aliphatic carbocycles. The average Bonchev–Trinajstić information content (AvgIpc) is 2.94. The molecule has 0 N–H and O–H groups in total. The van der Waals surface area contributed by atoms with E-state index >= 15 is 0 Å². The smallest absolute Gasteiger partial charge is 0.332 e. The molecule has 2 rings (SSSR count). The number of piperidine rings is 1. The van der Waals surface area contributed by atoms with Gasteiger partial charge in [0.05, 0.1) is 13.2 Å². The van der Waals surface area contributed by atoms with E-state index in [4.69, 9.17) is 9.47 Å². The predicted molar refractivity (Wildman–Crippen MR) is 77.7 cm³/mol. The molecular formula is C15H28N2O3. The van der Waals surface area contributed by atoms with Crippen LogP contribution in [0, 0.1) is 0 Å². The summed E-state index contributed by atoms with van der Waals surface area (Å²) in [7, 11) is 0. The van der Waals surface area contributed by atoms with Crippen molar-refractivity contribution in [2.45, 2.75) is 38.6 Å². The maximum atomic E-state index is 11.1. The van der Waals surface area contributed by atoms with Gasteiger partial charge >= 0.3 is 5.97 Å². The van der Waals surface area contributed by atoms with Crippen molar-refractivity contribution in [3.8, 4) is 0 Å². The summed E-state index contributed by atoms with van der Waals surface area (Å²) >= 11 is 0. The zero-order valence-corrected chi connectivity index (χ0v) is 12.7. The Kier molecular flexibility index (Phi) is 6.76. The number of hydrogen-bond acceptors (Lipinski definition) is 5. The molecule has 5 nitrogen and oxygen atoms in total. The minimum absolute atomic E-state index is 0.0806. The number of esters is 1. The number of ether oxygens (including phenoxy) is 2. The Balaban J connectivity index is 1.55. The highest BCUT2D eigenvalue weighted by molar-refractivity contribution is 5.70. The third-order valence-electron chi connectivity index (χ3n) is 4.23. The molecule has 0 saturated carbocycles. The van der Waals surface area contributed by atoms with Crippen LogP contribution in [-0.2, 0) is 14.3 Å². The highest BCUT2D eigenvalue weighted by Crippen LogP contribution is 2.19. The number of carbonyl (C=O) groups is 1. The van der Waals surface area contributed by atoms with Crippen molar-refractivity contribution in [2.75, 3.05) is 52.5 Å². The van der Waals surface area contributed by atoms with Crippen LogP contribution in [0.2, 0.25) is 0 Å². The first-order valence-corrected chi connectivity index (χ1v) is 7.99. The molecule has 2 fully saturated rings. The Morgan fingerprint density at radius 1 is 1.20 bits per heavy atom. The maximum absolute atomic E-state index is 11.1. The fourth-order valence-electron chi connectivity index (χ4n) is 3.15. The van der Waals surface area contributed by atoms with Gasteiger partial charge in [0.2, 0.25) is 0 Å². The van der Waals surface area contributed by atoms with E-state index in [-0.39, 0.29) is 12.6 Å². The van der Waals surface area contributed by atoms with E-state index in [9.17, 15) is 4.79 Å². The SMILES string of the molecule is CCOC(=O)COCCN1CCC(N2CCCCC2)C1. The van der Waals surface area contributed by atoms with Gasteiger partial charge in [0.25, 0.3) is 0 Å². The Hall–Kier alpha value is -0.650. The Bertz CT molecular complexity index is 293. The van der Waals surface area contributed by atoms with Crippen molar-refractivity contribution < 1.29 is 14.3 Å². The Morgan fingerprint density at radius 3 is 2.75 bits per heavy atom. The lowest BCUT2D eigenvalue weighted by atomic mass is 10.1. The van der Waals surface area contributed by atoms with Crippen molar-refractivity contribution in [3.63, 3.8) is 0 Å². The summed E-state index contributed by atoms with van der Waals surface area (Å²) in [6.45, 7) is 8.71. The number of carbonyl (C=O) groups excluding carboxylic acids is 1. The zero-order valence-electron chi connectivity index (χ0n) is 12.7. The Morgan fingerprint density at radius 2 is 2.00 bits per heavy atom. The van der Waals surface area contributed by atoms with Crippen LogP contribution in [-0.4, -0.2) is 74.4 Å². The first-order valence-electron chi connectivity index (χ1n) is 7.99. The first kappa shape index (κ1) is 15.7. The summed E-state index contributed by atoms with van der Waals surface area (Å²) in [4.78, 5) is 16.2. The highest BCUT2D eigenvalue weighted by atomic mass is 16.6. The summed E-state index contributed by atoms with van der Waals surface area (Å²) in [5.41, 5.74) is 0. The number of hydrogen-bond donors (Lipinski definition) is 0. The van der Waals surface area contributed by atoms with Gasteiger partial charge in [-0.25, -0.2) is 4.79 Å². The first-order chi connectivity index (χ1) is 9.79. The van der Waals surface area contributed by atoms with E-state index in [0.29, 0.717) is 13.2 Å². The third-order valence-corrected chi connectivity index (χ3v) is 4.23. The lowest BCUT2D eigenvalue weighted by Gasteiger charge is -2.32. The molecule has 2 aliphatic heterocycles. The van der Waals surface area contributed by atoms with Gasteiger partial charge in [0.15, 0.2) is 0 Å². The fraction of sp³-hybridized carbons (Fsp3) is 0.933. The molecule has 0 aromatic rings. The lowest BCUT2D eigenvalue weighted by molar-refractivity contribution is -0.148. The molecule has 0 spiro atoms. The van der Waals surface area contributed by atoms with E-state index in [1.165, 1.54) is 38.8 Å². The molecule has 0 radical (unpaired) electrons. The van der Waals surface area contributed by atoms with E-state index < -0.39 is 0 Å². The average molecular weight is 284 g/mol. The van der Waals surface area contributed by atoms with Crippen molar-refractivity contribution in [1.29, 1.82) is 0 Å². The van der Waals surface area contributed by atoms with Gasteiger partial charge in [-0.05, 0) is 45.8 Å². The van der Waals surface area contributed by atoms with Gasteiger partial charge in [-0.2, -0.15) is 0 Å². The lowest BCUT2D eigenvalue weighted by Crippen LogP contribution is -2.41. The summed E-state index contributed by atoms with van der Waals surface area (Å²) in [6.07, 6.45) is 5.39. The van der Waals surface area contributed by atoms with Crippen molar-refractivity contribution in [3.05, 3.63) is 0 Å². The molecular weight excluding hydrogens is 256 g/mol. The van der Waals surface area contributed by atoms with Gasteiger partial charge in [0.1, 0.15) is 6.61 Å².